The van der Waals surface area contributed by atoms with Crippen LogP contribution in [0.25, 0.3) is 15.7 Å². The number of thiophene rings is 1. The van der Waals surface area contributed by atoms with Gasteiger partial charge in [-0.1, -0.05) is 31.4 Å². The highest BCUT2D eigenvalue weighted by Crippen LogP contribution is 2.32. The number of rotatable bonds is 4. The molecule has 0 aliphatic carbocycles. The lowest BCUT2D eigenvalue weighted by molar-refractivity contribution is 0.604. The number of allylic oxidation sites excluding steroid dienone is 1. The van der Waals surface area contributed by atoms with Crippen molar-refractivity contribution in [3.63, 3.8) is 0 Å². The van der Waals surface area contributed by atoms with Crippen LogP contribution in [0.1, 0.15) is 12.0 Å². The molecule has 17 heavy (non-hydrogen) atoms. The third kappa shape index (κ3) is 2.58. The predicted molar refractivity (Wildman–Crippen MR) is 80.4 cm³/mol. The van der Waals surface area contributed by atoms with Gasteiger partial charge in [0, 0.05) is 16.8 Å². The van der Waals surface area contributed by atoms with Gasteiger partial charge in [0.1, 0.15) is 0 Å². The summed E-state index contributed by atoms with van der Waals surface area (Å²) in [5, 5.41) is 3.40. The van der Waals surface area contributed by atoms with Gasteiger partial charge in [-0.15, -0.1) is 11.3 Å². The summed E-state index contributed by atoms with van der Waals surface area (Å²) in [5.41, 5.74) is 3.07. The van der Waals surface area contributed by atoms with Gasteiger partial charge in [-0.25, -0.2) is 5.84 Å². The number of nitrogens with two attached hydrogens (primary N) is 1. The van der Waals surface area contributed by atoms with Gasteiger partial charge in [0.25, 0.3) is 0 Å². The van der Waals surface area contributed by atoms with Crippen molar-refractivity contribution in [2.75, 3.05) is 0 Å². The summed E-state index contributed by atoms with van der Waals surface area (Å²) in [4.78, 5) is 0. The zero-order chi connectivity index (χ0) is 12.4. The highest BCUT2D eigenvalue weighted by atomic mass is 32.1. The van der Waals surface area contributed by atoms with E-state index in [0.717, 1.165) is 11.3 Å². The Labute approximate surface area is 108 Å². The van der Waals surface area contributed by atoms with Crippen LogP contribution in [0.15, 0.2) is 48.5 Å². The number of hydrazine groups is 1. The molecule has 4 heteroatoms. The van der Waals surface area contributed by atoms with Crippen molar-refractivity contribution in [1.29, 1.82) is 0 Å². The molecule has 0 aliphatic heterocycles. The monoisotopic (exact) mass is 262 g/mol. The summed E-state index contributed by atoms with van der Waals surface area (Å²) >= 11 is 1.74. The predicted octanol–water partition coefficient (Wildman–Crippen LogP) is 3.78. The highest BCUT2D eigenvalue weighted by molar-refractivity contribution is 7.17. The molecule has 2 aromatic rings. The lowest BCUT2D eigenvalue weighted by Gasteiger charge is -2.15. The molecule has 1 aromatic carbocycles. The molecule has 0 saturated heterocycles. The molecule has 0 saturated carbocycles. The number of hydrogen-bond donors (Lipinski definition) is 1. The first kappa shape index (κ1) is 12.3. The number of benzene rings is 1. The van der Waals surface area contributed by atoms with E-state index in [-0.39, 0.29) is 0 Å². The molecule has 1 heterocycles. The standard InChI is InChI=1S/C13H15N2PS/c1-9(7-10(2)15(14)16)12-8-17-13-6-4-3-5-11(12)13/h3-6,8H,1-2,7,14,16H2. The van der Waals surface area contributed by atoms with E-state index in [9.17, 15) is 0 Å². The zero-order valence-corrected chi connectivity index (χ0v) is 11.5. The van der Waals surface area contributed by atoms with E-state index in [1.165, 1.54) is 20.4 Å². The van der Waals surface area contributed by atoms with Crippen LogP contribution < -0.4 is 5.84 Å². The van der Waals surface area contributed by atoms with Crippen molar-refractivity contribution in [2.24, 2.45) is 5.84 Å². The second-order valence-electron chi connectivity index (χ2n) is 3.90. The van der Waals surface area contributed by atoms with Crippen LogP contribution in [0, 0.1) is 0 Å². The smallest absolute Gasteiger partial charge is 0.0349 e. The van der Waals surface area contributed by atoms with E-state index >= 15 is 0 Å². The summed E-state index contributed by atoms with van der Waals surface area (Å²) in [5.74, 6) is 5.61. The summed E-state index contributed by atoms with van der Waals surface area (Å²) < 4.78 is 2.74. The van der Waals surface area contributed by atoms with E-state index in [2.05, 4.69) is 46.1 Å². The van der Waals surface area contributed by atoms with Gasteiger partial charge in [-0.3, -0.25) is 0 Å². The zero-order valence-electron chi connectivity index (χ0n) is 9.52. The minimum absolute atomic E-state index is 0.681. The van der Waals surface area contributed by atoms with Crippen LogP contribution in [0.2, 0.25) is 0 Å². The Morgan fingerprint density at radius 2 is 2.06 bits per heavy atom. The normalized spacial score (nSPS) is 10.5. The highest BCUT2D eigenvalue weighted by Gasteiger charge is 2.08. The summed E-state index contributed by atoms with van der Waals surface area (Å²) in [6, 6.07) is 8.34. The quantitative estimate of drug-likeness (QED) is 0.516. The van der Waals surface area contributed by atoms with Gasteiger partial charge in [0.2, 0.25) is 0 Å². The van der Waals surface area contributed by atoms with Crippen molar-refractivity contribution >= 4 is 36.4 Å². The Bertz CT molecular complexity index is 572. The second-order valence-corrected chi connectivity index (χ2v) is 5.37. The van der Waals surface area contributed by atoms with E-state index in [0.29, 0.717) is 6.42 Å². The maximum absolute atomic E-state index is 5.61. The van der Waals surface area contributed by atoms with Crippen molar-refractivity contribution in [3.8, 4) is 0 Å². The minimum Gasteiger partial charge on any atom is -0.301 e. The molecular formula is C13H15N2PS. The van der Waals surface area contributed by atoms with E-state index in [1.807, 2.05) is 6.07 Å². The topological polar surface area (TPSA) is 29.3 Å². The van der Waals surface area contributed by atoms with Gasteiger partial charge in [-0.05, 0) is 37.4 Å². The van der Waals surface area contributed by atoms with Crippen LogP contribution >= 0.6 is 20.7 Å². The first-order valence-corrected chi connectivity index (χ1v) is 6.61. The number of nitrogens with zero attached hydrogens (tertiary/aromatic N) is 1. The Morgan fingerprint density at radius 3 is 2.76 bits per heavy atom. The SMILES string of the molecule is C=C(CC(=C)N(N)P)c1csc2ccccc12. The fourth-order valence-electron chi connectivity index (χ4n) is 1.68. The Morgan fingerprint density at radius 1 is 1.35 bits per heavy atom. The molecule has 2 nitrogen and oxygen atoms in total. The maximum Gasteiger partial charge on any atom is 0.0349 e. The molecule has 88 valence electrons. The maximum atomic E-state index is 5.61. The molecule has 0 bridgehead atoms. The summed E-state index contributed by atoms with van der Waals surface area (Å²) in [6.07, 6.45) is 0.681. The summed E-state index contributed by atoms with van der Waals surface area (Å²) in [6.45, 7) is 8.03. The minimum atomic E-state index is 0.681. The molecule has 2 N–H and O–H groups in total. The fraction of sp³-hybridized carbons (Fsp3) is 0.0769. The molecule has 0 radical (unpaired) electrons. The van der Waals surface area contributed by atoms with Crippen LogP contribution in [-0.4, -0.2) is 4.78 Å². The average molecular weight is 262 g/mol. The molecule has 1 aromatic heterocycles. The third-order valence-corrected chi connectivity index (χ3v) is 3.97. The third-order valence-electron chi connectivity index (χ3n) is 2.64. The molecule has 1 unspecified atom stereocenters. The lowest BCUT2D eigenvalue weighted by Crippen LogP contribution is -2.17. The Kier molecular flexibility index (Phi) is 3.63. The Hall–Kier alpha value is -1.15. The first-order chi connectivity index (χ1) is 8.09. The van der Waals surface area contributed by atoms with Gasteiger partial charge < -0.3 is 4.78 Å². The first-order valence-electron chi connectivity index (χ1n) is 5.21. The van der Waals surface area contributed by atoms with E-state index < -0.39 is 0 Å². The van der Waals surface area contributed by atoms with Crippen LogP contribution in [0.5, 0.6) is 0 Å². The van der Waals surface area contributed by atoms with Crippen LogP contribution in [0.4, 0.5) is 0 Å². The van der Waals surface area contributed by atoms with Crippen molar-refractivity contribution in [1.82, 2.24) is 4.78 Å². The molecule has 0 aliphatic rings. The van der Waals surface area contributed by atoms with Crippen molar-refractivity contribution < 1.29 is 0 Å². The summed E-state index contributed by atoms with van der Waals surface area (Å²) in [7, 11) is 2.40. The molecule has 1 atom stereocenters. The van der Waals surface area contributed by atoms with Crippen molar-refractivity contribution in [3.05, 3.63) is 54.1 Å². The van der Waals surface area contributed by atoms with Gasteiger partial charge >= 0.3 is 0 Å². The second kappa shape index (κ2) is 5.01. The van der Waals surface area contributed by atoms with E-state index in [1.54, 1.807) is 11.3 Å². The largest absolute Gasteiger partial charge is 0.301 e. The van der Waals surface area contributed by atoms with E-state index in [4.69, 9.17) is 5.84 Å². The molecule has 0 amide bonds. The van der Waals surface area contributed by atoms with Crippen LogP contribution in [-0.2, 0) is 0 Å². The lowest BCUT2D eigenvalue weighted by atomic mass is 10.0. The van der Waals surface area contributed by atoms with Gasteiger partial charge in [0.05, 0.1) is 0 Å². The molecule has 0 spiro atoms. The molecule has 2 rings (SSSR count). The van der Waals surface area contributed by atoms with Gasteiger partial charge in [-0.2, -0.15) is 0 Å². The average Bonchev–Trinajstić information content (AvgIpc) is 2.72. The fourth-order valence-corrected chi connectivity index (χ4v) is 2.78. The number of fused-ring (bicyclic) bond motifs is 1. The molecular weight excluding hydrogens is 247 g/mol. The van der Waals surface area contributed by atoms with Gasteiger partial charge in [0.15, 0.2) is 0 Å². The molecule has 0 fully saturated rings. The van der Waals surface area contributed by atoms with Crippen molar-refractivity contribution in [2.45, 2.75) is 6.42 Å². The Balaban J connectivity index is 2.28. The number of hydrogen-bond acceptors (Lipinski definition) is 3. The van der Waals surface area contributed by atoms with Crippen LogP contribution in [0.3, 0.4) is 0 Å².